The molecule has 3 nitrogen and oxygen atoms in total. The molecule has 8 aromatic carbocycles. The first kappa shape index (κ1) is 31.0. The van der Waals surface area contributed by atoms with E-state index in [-0.39, 0.29) is 0 Å². The number of nitrogens with zero attached hydrogens (tertiary/aromatic N) is 3. The molecule has 0 aliphatic rings. The lowest BCUT2D eigenvalue weighted by Gasteiger charge is -2.16. The van der Waals surface area contributed by atoms with Gasteiger partial charge >= 0.3 is 0 Å². The maximum Gasteiger partial charge on any atom is 0.165 e. The fourth-order valence-electron chi connectivity index (χ4n) is 7.47. The summed E-state index contributed by atoms with van der Waals surface area (Å²) in [4.78, 5) is 15.6. The third-order valence-corrected chi connectivity index (χ3v) is 11.2. The van der Waals surface area contributed by atoms with Crippen molar-refractivity contribution in [2.75, 3.05) is 0 Å². The van der Waals surface area contributed by atoms with E-state index in [4.69, 9.17) is 15.0 Å². The first-order chi connectivity index (χ1) is 26.3. The molecule has 0 saturated carbocycles. The molecule has 10 aromatic rings. The summed E-state index contributed by atoms with van der Waals surface area (Å²) in [6, 6.07) is 66.4. The van der Waals surface area contributed by atoms with Gasteiger partial charge in [0.25, 0.3) is 0 Å². The molecule has 53 heavy (non-hydrogen) atoms. The van der Waals surface area contributed by atoms with Gasteiger partial charge in [0.1, 0.15) is 0 Å². The number of hydrogen-bond acceptors (Lipinski definition) is 4. The van der Waals surface area contributed by atoms with E-state index in [1.165, 1.54) is 47.6 Å². The van der Waals surface area contributed by atoms with Crippen molar-refractivity contribution < 1.29 is 0 Å². The highest BCUT2D eigenvalue weighted by Gasteiger charge is 2.19. The zero-order chi connectivity index (χ0) is 35.1. The molecule has 0 saturated heterocycles. The van der Waals surface area contributed by atoms with Crippen molar-refractivity contribution in [2.24, 2.45) is 0 Å². The second kappa shape index (κ2) is 13.1. The normalized spacial score (nSPS) is 11.4. The Hall–Kier alpha value is -6.75. The molecule has 4 heteroatoms. The average Bonchev–Trinajstić information content (AvgIpc) is 3.63. The number of hydrogen-bond donors (Lipinski definition) is 0. The maximum atomic E-state index is 5.27. The Balaban J connectivity index is 1.17. The summed E-state index contributed by atoms with van der Waals surface area (Å²) in [5.74, 6) is 1.96. The molecule has 0 radical (unpaired) electrons. The fraction of sp³-hybridized carbons (Fsp3) is 0. The smallest absolute Gasteiger partial charge is 0.165 e. The molecule has 0 spiro atoms. The molecule has 0 unspecified atom stereocenters. The van der Waals surface area contributed by atoms with Crippen LogP contribution in [0.5, 0.6) is 0 Å². The predicted octanol–water partition coefficient (Wildman–Crippen LogP) is 13.4. The highest BCUT2D eigenvalue weighted by molar-refractivity contribution is 7.26. The molecular weight excluding hydrogens is 663 g/mol. The second-order valence-corrected chi connectivity index (χ2v) is 14.2. The summed E-state index contributed by atoms with van der Waals surface area (Å²) >= 11 is 1.79. The minimum Gasteiger partial charge on any atom is -0.208 e. The van der Waals surface area contributed by atoms with Crippen LogP contribution in [0.25, 0.3) is 98.5 Å². The van der Waals surface area contributed by atoms with Crippen molar-refractivity contribution in [3.8, 4) is 67.5 Å². The van der Waals surface area contributed by atoms with Crippen LogP contribution < -0.4 is 0 Å². The molecule has 2 aromatic heterocycles. The molecule has 0 atom stereocenters. The predicted molar refractivity (Wildman–Crippen MR) is 223 cm³/mol. The van der Waals surface area contributed by atoms with Gasteiger partial charge in [0.2, 0.25) is 0 Å². The number of aromatic nitrogens is 3. The summed E-state index contributed by atoms with van der Waals surface area (Å²) in [6.45, 7) is 0. The third kappa shape index (κ3) is 5.57. The lowest BCUT2D eigenvalue weighted by molar-refractivity contribution is 1.08. The minimum atomic E-state index is 0.642. The first-order valence-electron chi connectivity index (χ1n) is 17.8. The molecule has 248 valence electrons. The Labute approximate surface area is 311 Å². The van der Waals surface area contributed by atoms with Gasteiger partial charge in [-0.1, -0.05) is 170 Å². The van der Waals surface area contributed by atoms with Crippen LogP contribution in [-0.2, 0) is 0 Å². The molecule has 0 aliphatic heterocycles. The van der Waals surface area contributed by atoms with E-state index < -0.39 is 0 Å². The number of rotatable bonds is 6. The second-order valence-electron chi connectivity index (χ2n) is 13.2. The largest absolute Gasteiger partial charge is 0.208 e. The molecule has 0 fully saturated rings. The van der Waals surface area contributed by atoms with Crippen molar-refractivity contribution >= 4 is 42.3 Å². The van der Waals surface area contributed by atoms with Gasteiger partial charge < -0.3 is 0 Å². The van der Waals surface area contributed by atoms with E-state index in [0.29, 0.717) is 17.5 Å². The van der Waals surface area contributed by atoms with Crippen molar-refractivity contribution in [3.05, 3.63) is 188 Å². The van der Waals surface area contributed by atoms with E-state index in [1.54, 1.807) is 11.3 Å². The van der Waals surface area contributed by atoms with Crippen LogP contribution in [0.4, 0.5) is 0 Å². The summed E-state index contributed by atoms with van der Waals surface area (Å²) in [5.41, 5.74) is 9.85. The van der Waals surface area contributed by atoms with Crippen molar-refractivity contribution in [3.63, 3.8) is 0 Å². The first-order valence-corrected chi connectivity index (χ1v) is 18.6. The number of thiophene rings is 1. The van der Waals surface area contributed by atoms with Gasteiger partial charge in [-0.2, -0.15) is 0 Å². The van der Waals surface area contributed by atoms with Gasteiger partial charge in [0.15, 0.2) is 17.5 Å². The summed E-state index contributed by atoms with van der Waals surface area (Å²) in [6.07, 6.45) is 0. The monoisotopic (exact) mass is 693 g/mol. The number of fused-ring (bicyclic) bond motifs is 4. The van der Waals surface area contributed by atoms with Crippen molar-refractivity contribution in [1.82, 2.24) is 15.0 Å². The third-order valence-electron chi connectivity index (χ3n) is 9.96. The van der Waals surface area contributed by atoms with Crippen LogP contribution in [-0.4, -0.2) is 15.0 Å². The molecule has 0 N–H and O–H groups in total. The van der Waals surface area contributed by atoms with Crippen LogP contribution in [0.15, 0.2) is 188 Å². The van der Waals surface area contributed by atoms with Crippen molar-refractivity contribution in [2.45, 2.75) is 0 Å². The molecular formula is C49H31N3S. The Morgan fingerprint density at radius 2 is 0.887 bits per heavy atom. The van der Waals surface area contributed by atoms with E-state index in [2.05, 4.69) is 170 Å². The molecule has 10 rings (SSSR count). The van der Waals surface area contributed by atoms with E-state index in [0.717, 1.165) is 33.4 Å². The van der Waals surface area contributed by atoms with Crippen molar-refractivity contribution in [1.29, 1.82) is 0 Å². The standard InChI is InChI=1S/C49H31N3S/c1-3-15-32(16-4-1)39-30-29-33-17-7-8-23-38(33)45(39)36-21-13-20-35(31-36)37-22-9-10-25-42(37)48-50-47(34-18-5-2-6-19-34)51-49(52-48)43-27-14-26-41-40-24-11-12-28-44(40)53-46(41)43/h1-31H. The Morgan fingerprint density at radius 3 is 1.72 bits per heavy atom. The van der Waals surface area contributed by atoms with Gasteiger partial charge in [-0.05, 0) is 62.4 Å². The highest BCUT2D eigenvalue weighted by Crippen LogP contribution is 2.42. The van der Waals surface area contributed by atoms with Crippen LogP contribution in [0.3, 0.4) is 0 Å². The van der Waals surface area contributed by atoms with Gasteiger partial charge in [0.05, 0.1) is 0 Å². The van der Waals surface area contributed by atoms with Gasteiger partial charge in [-0.25, -0.2) is 15.0 Å². The van der Waals surface area contributed by atoms with E-state index >= 15 is 0 Å². The lowest BCUT2D eigenvalue weighted by atomic mass is 9.88. The SMILES string of the molecule is c1ccc(-c2nc(-c3ccccc3-c3cccc(-c4c(-c5ccccc5)ccc5ccccc45)c3)nc(-c3cccc4c3sc3ccccc34)n2)cc1. The van der Waals surface area contributed by atoms with Gasteiger partial charge in [0, 0.05) is 36.9 Å². The lowest BCUT2D eigenvalue weighted by Crippen LogP contribution is -2.01. The zero-order valence-electron chi connectivity index (χ0n) is 28.6. The summed E-state index contributed by atoms with van der Waals surface area (Å²) in [5, 5.41) is 4.91. The van der Waals surface area contributed by atoms with Gasteiger partial charge in [-0.15, -0.1) is 11.3 Å². The van der Waals surface area contributed by atoms with Crippen LogP contribution in [0, 0.1) is 0 Å². The zero-order valence-corrected chi connectivity index (χ0v) is 29.5. The fourth-order valence-corrected chi connectivity index (χ4v) is 8.68. The van der Waals surface area contributed by atoms with E-state index in [9.17, 15) is 0 Å². The van der Waals surface area contributed by atoms with Crippen LogP contribution in [0.1, 0.15) is 0 Å². The van der Waals surface area contributed by atoms with Gasteiger partial charge in [-0.3, -0.25) is 0 Å². The topological polar surface area (TPSA) is 38.7 Å². The molecule has 0 aliphatic carbocycles. The highest BCUT2D eigenvalue weighted by atomic mass is 32.1. The molecule has 0 amide bonds. The van der Waals surface area contributed by atoms with Crippen LogP contribution in [0.2, 0.25) is 0 Å². The molecule has 2 heterocycles. The quantitative estimate of drug-likeness (QED) is 0.174. The Morgan fingerprint density at radius 1 is 0.321 bits per heavy atom. The molecule has 0 bridgehead atoms. The Bertz CT molecular complexity index is 2950. The maximum absolute atomic E-state index is 5.27. The van der Waals surface area contributed by atoms with Crippen LogP contribution >= 0.6 is 11.3 Å². The summed E-state index contributed by atoms with van der Waals surface area (Å²) in [7, 11) is 0. The van der Waals surface area contributed by atoms with E-state index in [1.807, 2.05) is 18.2 Å². The number of benzene rings is 8. The Kier molecular flexibility index (Phi) is 7.67. The average molecular weight is 694 g/mol. The minimum absolute atomic E-state index is 0.642. The summed E-state index contributed by atoms with van der Waals surface area (Å²) < 4.78 is 2.43.